The number of aliphatic hydroxyl groups excluding tert-OH is 2. The maximum absolute atomic E-state index is 11.0. The van der Waals surface area contributed by atoms with Gasteiger partial charge in [0, 0.05) is 5.56 Å². The number of rotatable bonds is 6. The van der Waals surface area contributed by atoms with Gasteiger partial charge in [0.1, 0.15) is 6.10 Å². The van der Waals surface area contributed by atoms with Crippen molar-refractivity contribution in [2.24, 2.45) is 0 Å². The Morgan fingerprint density at radius 3 is 2.16 bits per heavy atom. The maximum Gasteiger partial charge on any atom is 0.335 e. The molecule has 1 aromatic carbocycles. The number of hydrogen-bond donors (Lipinski definition) is 3. The van der Waals surface area contributed by atoms with E-state index in [1.165, 1.54) is 26.4 Å². The van der Waals surface area contributed by atoms with Gasteiger partial charge in [0.25, 0.3) is 0 Å². The van der Waals surface area contributed by atoms with E-state index in [-0.39, 0.29) is 22.6 Å². The fourth-order valence-corrected chi connectivity index (χ4v) is 1.57. The minimum atomic E-state index is -2.04. The van der Waals surface area contributed by atoms with Crippen LogP contribution in [-0.4, -0.2) is 47.9 Å². The Labute approximate surface area is 109 Å². The molecule has 7 heteroatoms. The Hall–Kier alpha value is -2.12. The van der Waals surface area contributed by atoms with Crippen LogP contribution in [0.5, 0.6) is 11.5 Å². The van der Waals surface area contributed by atoms with E-state index in [0.29, 0.717) is 6.29 Å². The third-order valence-corrected chi connectivity index (χ3v) is 2.59. The fourth-order valence-electron chi connectivity index (χ4n) is 1.57. The van der Waals surface area contributed by atoms with Crippen molar-refractivity contribution in [1.82, 2.24) is 0 Å². The van der Waals surface area contributed by atoms with Gasteiger partial charge in [0.2, 0.25) is 0 Å². The number of aliphatic hydroxyl groups is 2. The Balaban J connectivity index is 3.33. The molecule has 0 amide bonds. The highest BCUT2D eigenvalue weighted by Gasteiger charge is 2.28. The first-order valence-corrected chi connectivity index (χ1v) is 5.26. The summed E-state index contributed by atoms with van der Waals surface area (Å²) in [5.74, 6) is -1.13. The number of aldehydes is 1. The molecule has 104 valence electrons. The molecule has 0 aromatic heterocycles. The van der Waals surface area contributed by atoms with Gasteiger partial charge >= 0.3 is 5.97 Å². The molecule has 0 saturated carbocycles. The van der Waals surface area contributed by atoms with E-state index in [1.807, 2.05) is 0 Å². The number of methoxy groups -OCH3 is 2. The summed E-state index contributed by atoms with van der Waals surface area (Å²) in [6.45, 7) is 0. The number of carbonyl (C=O) groups is 2. The highest BCUT2D eigenvalue weighted by molar-refractivity contribution is 5.81. The first-order chi connectivity index (χ1) is 8.96. The van der Waals surface area contributed by atoms with E-state index in [2.05, 4.69) is 0 Å². The first-order valence-electron chi connectivity index (χ1n) is 5.26. The molecule has 0 heterocycles. The van der Waals surface area contributed by atoms with Gasteiger partial charge in [-0.05, 0) is 17.7 Å². The number of ether oxygens (including phenoxy) is 2. The SMILES string of the molecule is COc1cc(C=O)c(C(O)C(O)C(=O)O)cc1OC. The summed E-state index contributed by atoms with van der Waals surface area (Å²) in [4.78, 5) is 21.6. The van der Waals surface area contributed by atoms with Gasteiger partial charge in [0.15, 0.2) is 23.9 Å². The smallest absolute Gasteiger partial charge is 0.335 e. The van der Waals surface area contributed by atoms with Crippen molar-refractivity contribution < 1.29 is 34.4 Å². The van der Waals surface area contributed by atoms with E-state index in [0.717, 1.165) is 0 Å². The second-order valence-corrected chi connectivity index (χ2v) is 3.68. The maximum atomic E-state index is 11.0. The monoisotopic (exact) mass is 270 g/mol. The lowest BCUT2D eigenvalue weighted by Crippen LogP contribution is -2.28. The molecule has 19 heavy (non-hydrogen) atoms. The largest absolute Gasteiger partial charge is 0.493 e. The summed E-state index contributed by atoms with van der Waals surface area (Å²) in [6, 6.07) is 2.54. The lowest BCUT2D eigenvalue weighted by molar-refractivity contribution is -0.153. The van der Waals surface area contributed by atoms with Gasteiger partial charge in [-0.15, -0.1) is 0 Å². The van der Waals surface area contributed by atoms with E-state index < -0.39 is 18.2 Å². The lowest BCUT2D eigenvalue weighted by Gasteiger charge is -2.18. The third kappa shape index (κ3) is 3.01. The molecular weight excluding hydrogens is 256 g/mol. The van der Waals surface area contributed by atoms with Crippen LogP contribution in [0.2, 0.25) is 0 Å². The van der Waals surface area contributed by atoms with Gasteiger partial charge in [-0.3, -0.25) is 4.79 Å². The van der Waals surface area contributed by atoms with Crippen LogP contribution in [0.25, 0.3) is 0 Å². The number of benzene rings is 1. The lowest BCUT2D eigenvalue weighted by atomic mass is 9.98. The average molecular weight is 270 g/mol. The van der Waals surface area contributed by atoms with Gasteiger partial charge < -0.3 is 24.8 Å². The van der Waals surface area contributed by atoms with Crippen LogP contribution in [-0.2, 0) is 4.79 Å². The van der Waals surface area contributed by atoms with Crippen LogP contribution in [0.4, 0.5) is 0 Å². The molecule has 0 radical (unpaired) electrons. The molecule has 0 saturated heterocycles. The molecule has 0 aliphatic heterocycles. The van der Waals surface area contributed by atoms with Crippen LogP contribution < -0.4 is 9.47 Å². The van der Waals surface area contributed by atoms with Crippen LogP contribution in [0.1, 0.15) is 22.0 Å². The molecule has 2 unspecified atom stereocenters. The van der Waals surface area contributed by atoms with Gasteiger partial charge in [0.05, 0.1) is 14.2 Å². The van der Waals surface area contributed by atoms with Crippen molar-refractivity contribution in [1.29, 1.82) is 0 Å². The summed E-state index contributed by atoms with van der Waals surface area (Å²) in [7, 11) is 2.72. The second kappa shape index (κ2) is 6.17. The van der Waals surface area contributed by atoms with Gasteiger partial charge in [-0.25, -0.2) is 4.79 Å². The summed E-state index contributed by atoms with van der Waals surface area (Å²) in [5, 5.41) is 27.7. The minimum absolute atomic E-state index is 0.00505. The van der Waals surface area contributed by atoms with Crippen molar-refractivity contribution in [3.63, 3.8) is 0 Å². The Bertz CT molecular complexity index is 483. The van der Waals surface area contributed by atoms with Crippen molar-refractivity contribution in [2.45, 2.75) is 12.2 Å². The van der Waals surface area contributed by atoms with E-state index >= 15 is 0 Å². The number of carboxylic acids is 1. The normalized spacial score (nSPS) is 13.5. The molecule has 0 spiro atoms. The topological polar surface area (TPSA) is 113 Å². The fraction of sp³-hybridized carbons (Fsp3) is 0.333. The Morgan fingerprint density at radius 1 is 1.21 bits per heavy atom. The van der Waals surface area contributed by atoms with Gasteiger partial charge in [-0.1, -0.05) is 0 Å². The standard InChI is InChI=1S/C12H14O7/c1-18-8-3-6(5-13)7(4-9(8)19-2)10(14)11(15)12(16)17/h3-5,10-11,14-15H,1-2H3,(H,16,17). The highest BCUT2D eigenvalue weighted by Crippen LogP contribution is 2.33. The molecule has 1 rings (SSSR count). The third-order valence-electron chi connectivity index (χ3n) is 2.59. The summed E-state index contributed by atoms with van der Waals surface area (Å²) in [6.07, 6.45) is -3.37. The molecule has 2 atom stereocenters. The Kier molecular flexibility index (Phi) is 4.85. The van der Waals surface area contributed by atoms with Crippen molar-refractivity contribution >= 4 is 12.3 Å². The summed E-state index contributed by atoms with van der Waals surface area (Å²) < 4.78 is 9.96. The molecule has 0 bridgehead atoms. The molecule has 3 N–H and O–H groups in total. The van der Waals surface area contributed by atoms with Crippen molar-refractivity contribution in [2.75, 3.05) is 14.2 Å². The number of carbonyl (C=O) groups excluding carboxylic acids is 1. The molecule has 7 nitrogen and oxygen atoms in total. The minimum Gasteiger partial charge on any atom is -0.493 e. The van der Waals surface area contributed by atoms with E-state index in [9.17, 15) is 19.8 Å². The Morgan fingerprint density at radius 2 is 1.74 bits per heavy atom. The van der Waals surface area contributed by atoms with Crippen molar-refractivity contribution in [3.05, 3.63) is 23.3 Å². The van der Waals surface area contributed by atoms with Crippen LogP contribution in [0, 0.1) is 0 Å². The average Bonchev–Trinajstić information content (AvgIpc) is 2.43. The highest BCUT2D eigenvalue weighted by atomic mass is 16.5. The summed E-state index contributed by atoms with van der Waals surface area (Å²) >= 11 is 0. The number of hydrogen-bond acceptors (Lipinski definition) is 6. The molecule has 0 fully saturated rings. The molecule has 1 aromatic rings. The number of carboxylic acid groups (broad SMARTS) is 1. The zero-order valence-electron chi connectivity index (χ0n) is 10.4. The first kappa shape index (κ1) is 14.9. The molecule has 0 aliphatic carbocycles. The predicted molar refractivity (Wildman–Crippen MR) is 63.5 cm³/mol. The van der Waals surface area contributed by atoms with E-state index in [1.54, 1.807) is 0 Å². The quantitative estimate of drug-likeness (QED) is 0.623. The second-order valence-electron chi connectivity index (χ2n) is 3.68. The van der Waals surface area contributed by atoms with Crippen LogP contribution >= 0.6 is 0 Å². The number of aliphatic carboxylic acids is 1. The van der Waals surface area contributed by atoms with Crippen molar-refractivity contribution in [3.8, 4) is 11.5 Å². The van der Waals surface area contributed by atoms with E-state index in [4.69, 9.17) is 14.6 Å². The van der Waals surface area contributed by atoms with Crippen LogP contribution in [0.3, 0.4) is 0 Å². The zero-order chi connectivity index (χ0) is 14.6. The van der Waals surface area contributed by atoms with Gasteiger partial charge in [-0.2, -0.15) is 0 Å². The zero-order valence-corrected chi connectivity index (χ0v) is 10.4. The predicted octanol–water partition coefficient (Wildman–Crippen LogP) is -0.00480. The molecular formula is C12H14O7. The molecule has 0 aliphatic rings. The van der Waals surface area contributed by atoms with Crippen LogP contribution in [0.15, 0.2) is 12.1 Å². The summed E-state index contributed by atoms with van der Waals surface area (Å²) in [5.41, 5.74) is -0.0481.